The summed E-state index contributed by atoms with van der Waals surface area (Å²) in [6, 6.07) is 8.83. The highest BCUT2D eigenvalue weighted by molar-refractivity contribution is 5.83. The fourth-order valence-corrected chi connectivity index (χ4v) is 2.60. The second-order valence-electron chi connectivity index (χ2n) is 6.78. The molecule has 20 heavy (non-hydrogen) atoms. The zero-order valence-electron chi connectivity index (χ0n) is 13.4. The minimum Gasteiger partial charge on any atom is -0.346 e. The molecule has 0 aliphatic heterocycles. The van der Waals surface area contributed by atoms with Gasteiger partial charge in [0.15, 0.2) is 0 Å². The summed E-state index contributed by atoms with van der Waals surface area (Å²) in [5, 5.41) is 4.92. The van der Waals surface area contributed by atoms with Crippen LogP contribution in [0.3, 0.4) is 0 Å². The number of rotatable bonds is 6. The molecule has 0 fully saturated rings. The maximum atomic E-state index is 3.56. The highest BCUT2D eigenvalue weighted by Crippen LogP contribution is 2.20. The van der Waals surface area contributed by atoms with Crippen molar-refractivity contribution in [3.05, 3.63) is 36.0 Å². The second-order valence-corrected chi connectivity index (χ2v) is 6.78. The largest absolute Gasteiger partial charge is 0.346 e. The number of para-hydroxylation sites is 1. The summed E-state index contributed by atoms with van der Waals surface area (Å²) in [5.74, 6) is 0. The Morgan fingerprint density at radius 2 is 1.90 bits per heavy atom. The predicted molar refractivity (Wildman–Crippen MR) is 88.3 cm³/mol. The van der Waals surface area contributed by atoms with Gasteiger partial charge in [0.1, 0.15) is 0 Å². The first-order valence-electron chi connectivity index (χ1n) is 7.79. The first kappa shape index (κ1) is 15.1. The topological polar surface area (TPSA) is 17.0 Å². The van der Waals surface area contributed by atoms with E-state index >= 15 is 0 Å². The van der Waals surface area contributed by atoms with Crippen molar-refractivity contribution in [1.82, 2.24) is 9.88 Å². The molecule has 0 aliphatic rings. The molecule has 0 atom stereocenters. The highest BCUT2D eigenvalue weighted by Gasteiger charge is 2.09. The quantitative estimate of drug-likeness (QED) is 0.779. The van der Waals surface area contributed by atoms with Crippen molar-refractivity contribution < 1.29 is 0 Å². The zero-order chi connectivity index (χ0) is 14.6. The maximum Gasteiger partial charge on any atom is 0.0513 e. The van der Waals surface area contributed by atoms with Gasteiger partial charge >= 0.3 is 0 Å². The van der Waals surface area contributed by atoms with Crippen molar-refractivity contribution in [3.8, 4) is 0 Å². The van der Waals surface area contributed by atoms with Crippen molar-refractivity contribution in [3.63, 3.8) is 0 Å². The van der Waals surface area contributed by atoms with E-state index < -0.39 is 0 Å². The van der Waals surface area contributed by atoms with E-state index in [1.165, 1.54) is 22.9 Å². The Bertz CT molecular complexity index is 546. The molecule has 2 heteroatoms. The number of aryl methyl sites for hydroxylation is 1. The van der Waals surface area contributed by atoms with Gasteiger partial charge < -0.3 is 9.88 Å². The lowest BCUT2D eigenvalue weighted by Crippen LogP contribution is -2.24. The van der Waals surface area contributed by atoms with Crippen LogP contribution in [0.15, 0.2) is 30.5 Å². The molecule has 0 bridgehead atoms. The Kier molecular flexibility index (Phi) is 4.87. The lowest BCUT2D eigenvalue weighted by Gasteiger charge is -2.18. The van der Waals surface area contributed by atoms with E-state index in [0.717, 1.165) is 26.1 Å². The normalized spacial score (nSPS) is 12.2. The molecular formula is C18H28N2. The summed E-state index contributed by atoms with van der Waals surface area (Å²) >= 11 is 0. The summed E-state index contributed by atoms with van der Waals surface area (Å²) in [7, 11) is 0. The maximum absolute atomic E-state index is 3.56. The van der Waals surface area contributed by atoms with Gasteiger partial charge in [-0.25, -0.2) is 0 Å². The lowest BCUT2D eigenvalue weighted by atomic mass is 9.92. The number of benzene rings is 1. The number of nitrogens with one attached hydrogen (secondary N) is 1. The van der Waals surface area contributed by atoms with Crippen LogP contribution < -0.4 is 5.32 Å². The van der Waals surface area contributed by atoms with Crippen LogP contribution in [0, 0.1) is 5.41 Å². The molecule has 0 saturated heterocycles. The average Bonchev–Trinajstić information content (AvgIpc) is 2.80. The van der Waals surface area contributed by atoms with Crippen LogP contribution in [0.2, 0.25) is 0 Å². The van der Waals surface area contributed by atoms with E-state index in [1.54, 1.807) is 0 Å². The van der Waals surface area contributed by atoms with Gasteiger partial charge in [-0.15, -0.1) is 0 Å². The van der Waals surface area contributed by atoms with Gasteiger partial charge in [0, 0.05) is 19.3 Å². The fourth-order valence-electron chi connectivity index (χ4n) is 2.60. The van der Waals surface area contributed by atoms with Gasteiger partial charge in [-0.2, -0.15) is 0 Å². The van der Waals surface area contributed by atoms with Crippen molar-refractivity contribution in [2.45, 2.75) is 47.1 Å². The summed E-state index contributed by atoms with van der Waals surface area (Å²) < 4.78 is 2.39. The second kappa shape index (κ2) is 6.45. The summed E-state index contributed by atoms with van der Waals surface area (Å²) in [5.41, 5.74) is 3.28. The van der Waals surface area contributed by atoms with Gasteiger partial charge in [0.05, 0.1) is 5.52 Å². The Morgan fingerprint density at radius 1 is 1.10 bits per heavy atom. The van der Waals surface area contributed by atoms with Crippen LogP contribution in [0.25, 0.3) is 10.9 Å². The minimum atomic E-state index is 0.419. The molecule has 2 rings (SSSR count). The molecule has 1 N–H and O–H groups in total. The molecule has 1 heterocycles. The predicted octanol–water partition coefficient (Wildman–Crippen LogP) is 4.23. The van der Waals surface area contributed by atoms with Crippen LogP contribution >= 0.6 is 0 Å². The summed E-state index contributed by atoms with van der Waals surface area (Å²) in [6.45, 7) is 12.3. The average molecular weight is 272 g/mol. The minimum absolute atomic E-state index is 0.419. The highest BCUT2D eigenvalue weighted by atomic mass is 15.0. The Labute approximate surface area is 123 Å². The van der Waals surface area contributed by atoms with E-state index in [-0.39, 0.29) is 0 Å². The van der Waals surface area contributed by atoms with Gasteiger partial charge in [-0.05, 0) is 41.8 Å². The molecule has 1 aromatic heterocycles. The number of fused-ring (bicyclic) bond motifs is 1. The van der Waals surface area contributed by atoms with Crippen molar-refractivity contribution in [2.75, 3.05) is 13.1 Å². The van der Waals surface area contributed by atoms with Gasteiger partial charge in [-0.3, -0.25) is 0 Å². The standard InChI is InChI=1S/C18H28N2/c1-5-15-7-6-8-16-9-13-20(17(15)16)14-12-19-11-10-18(2,3)4/h6-9,13,19H,5,10-12,14H2,1-4H3. The Morgan fingerprint density at radius 3 is 2.60 bits per heavy atom. The van der Waals surface area contributed by atoms with Crippen LogP contribution in [0.1, 0.15) is 39.7 Å². The number of hydrogen-bond donors (Lipinski definition) is 1. The molecule has 0 unspecified atom stereocenters. The molecule has 0 aliphatic carbocycles. The molecule has 0 spiro atoms. The van der Waals surface area contributed by atoms with Gasteiger partial charge in [-0.1, -0.05) is 45.9 Å². The first-order chi connectivity index (χ1) is 9.51. The Hall–Kier alpha value is -1.28. The van der Waals surface area contributed by atoms with Crippen LogP contribution in [-0.2, 0) is 13.0 Å². The fraction of sp³-hybridized carbons (Fsp3) is 0.556. The molecule has 0 amide bonds. The smallest absolute Gasteiger partial charge is 0.0513 e. The van der Waals surface area contributed by atoms with E-state index in [0.29, 0.717) is 5.41 Å². The van der Waals surface area contributed by atoms with E-state index in [9.17, 15) is 0 Å². The zero-order valence-corrected chi connectivity index (χ0v) is 13.4. The molecular weight excluding hydrogens is 244 g/mol. The molecule has 1 aromatic carbocycles. The SMILES string of the molecule is CCc1cccc2ccn(CCNCCC(C)(C)C)c12. The third-order valence-corrected chi connectivity index (χ3v) is 3.83. The van der Waals surface area contributed by atoms with Crippen LogP contribution in [0.5, 0.6) is 0 Å². The number of hydrogen-bond acceptors (Lipinski definition) is 1. The van der Waals surface area contributed by atoms with Crippen molar-refractivity contribution in [1.29, 1.82) is 0 Å². The van der Waals surface area contributed by atoms with Gasteiger partial charge in [0.25, 0.3) is 0 Å². The van der Waals surface area contributed by atoms with E-state index in [1.807, 2.05) is 0 Å². The molecule has 110 valence electrons. The number of nitrogens with zero attached hydrogens (tertiary/aromatic N) is 1. The van der Waals surface area contributed by atoms with E-state index in [2.05, 4.69) is 68.0 Å². The van der Waals surface area contributed by atoms with Crippen molar-refractivity contribution in [2.24, 2.45) is 5.41 Å². The first-order valence-corrected chi connectivity index (χ1v) is 7.79. The lowest BCUT2D eigenvalue weighted by molar-refractivity contribution is 0.365. The summed E-state index contributed by atoms with van der Waals surface area (Å²) in [4.78, 5) is 0. The van der Waals surface area contributed by atoms with E-state index in [4.69, 9.17) is 0 Å². The third-order valence-electron chi connectivity index (χ3n) is 3.83. The van der Waals surface area contributed by atoms with Crippen LogP contribution in [0.4, 0.5) is 0 Å². The monoisotopic (exact) mass is 272 g/mol. The summed E-state index contributed by atoms with van der Waals surface area (Å²) in [6.07, 6.45) is 4.54. The molecule has 2 aromatic rings. The molecule has 2 nitrogen and oxygen atoms in total. The Balaban J connectivity index is 1.94. The van der Waals surface area contributed by atoms with Crippen molar-refractivity contribution >= 4 is 10.9 Å². The molecule has 0 saturated carbocycles. The van der Waals surface area contributed by atoms with Gasteiger partial charge in [0.2, 0.25) is 0 Å². The van der Waals surface area contributed by atoms with Crippen LogP contribution in [-0.4, -0.2) is 17.7 Å². The third kappa shape index (κ3) is 3.86. The number of aromatic nitrogens is 1. The molecule has 0 radical (unpaired) electrons.